The van der Waals surface area contributed by atoms with Crippen LogP contribution >= 0.6 is 0 Å². The molecule has 1 aromatic rings. The Bertz CT molecular complexity index is 323. The van der Waals surface area contributed by atoms with Crippen molar-refractivity contribution in [2.24, 2.45) is 0 Å². The van der Waals surface area contributed by atoms with Gasteiger partial charge in [0.05, 0.1) is 25.4 Å². The molecule has 3 nitrogen and oxygen atoms in total. The van der Waals surface area contributed by atoms with E-state index < -0.39 is 6.10 Å². The number of hydrogen-bond donors (Lipinski definition) is 1. The quantitative estimate of drug-likeness (QED) is 0.835. The van der Waals surface area contributed by atoms with Crippen LogP contribution in [0.25, 0.3) is 0 Å². The maximum Gasteiger partial charge on any atom is 0.119 e. The van der Waals surface area contributed by atoms with Gasteiger partial charge < -0.3 is 14.6 Å². The number of ether oxygens (including phenoxy) is 2. The monoisotopic (exact) mass is 224 g/mol. The first-order valence-electron chi connectivity index (χ1n) is 5.52. The molecule has 0 saturated heterocycles. The van der Waals surface area contributed by atoms with Gasteiger partial charge in [0.15, 0.2) is 0 Å². The van der Waals surface area contributed by atoms with Crippen molar-refractivity contribution in [2.45, 2.75) is 39.1 Å². The van der Waals surface area contributed by atoms with E-state index in [4.69, 9.17) is 9.47 Å². The fourth-order valence-corrected chi connectivity index (χ4v) is 1.41. The molecule has 90 valence electrons. The van der Waals surface area contributed by atoms with Crippen molar-refractivity contribution in [2.75, 3.05) is 7.11 Å². The lowest BCUT2D eigenvalue weighted by atomic mass is 10.1. The summed E-state index contributed by atoms with van der Waals surface area (Å²) in [6, 6.07) is 7.76. The maximum atomic E-state index is 9.37. The Kier molecular flexibility index (Phi) is 4.77. The zero-order chi connectivity index (χ0) is 12.1. The van der Waals surface area contributed by atoms with Crippen molar-refractivity contribution in [3.63, 3.8) is 0 Å². The highest BCUT2D eigenvalue weighted by atomic mass is 16.5. The van der Waals surface area contributed by atoms with Crippen LogP contribution in [0.3, 0.4) is 0 Å². The van der Waals surface area contributed by atoms with Gasteiger partial charge in [0.1, 0.15) is 5.75 Å². The number of methoxy groups -OCH3 is 1. The summed E-state index contributed by atoms with van der Waals surface area (Å²) < 4.78 is 10.8. The summed E-state index contributed by atoms with van der Waals surface area (Å²) in [4.78, 5) is 0. The molecule has 0 aliphatic heterocycles. The molecule has 0 heterocycles. The highest BCUT2D eigenvalue weighted by Gasteiger charge is 2.14. The van der Waals surface area contributed by atoms with Crippen molar-refractivity contribution in [1.82, 2.24) is 0 Å². The van der Waals surface area contributed by atoms with Crippen molar-refractivity contribution in [1.29, 1.82) is 0 Å². The van der Waals surface area contributed by atoms with Crippen LogP contribution < -0.4 is 4.74 Å². The van der Waals surface area contributed by atoms with Crippen molar-refractivity contribution in [3.8, 4) is 5.75 Å². The third kappa shape index (κ3) is 3.51. The van der Waals surface area contributed by atoms with Crippen LogP contribution in [-0.4, -0.2) is 24.4 Å². The third-order valence-electron chi connectivity index (χ3n) is 2.66. The second kappa shape index (κ2) is 5.87. The average molecular weight is 224 g/mol. The number of rotatable bonds is 5. The van der Waals surface area contributed by atoms with E-state index in [1.54, 1.807) is 14.0 Å². The molecule has 16 heavy (non-hydrogen) atoms. The summed E-state index contributed by atoms with van der Waals surface area (Å²) in [5, 5.41) is 9.37. The second-order valence-electron chi connectivity index (χ2n) is 4.00. The molecule has 3 unspecified atom stereocenters. The molecular formula is C13H20O3. The maximum absolute atomic E-state index is 9.37. The lowest BCUT2D eigenvalue weighted by Crippen LogP contribution is -2.24. The molecule has 0 saturated carbocycles. The highest BCUT2D eigenvalue weighted by Crippen LogP contribution is 2.23. The summed E-state index contributed by atoms with van der Waals surface area (Å²) in [6.45, 7) is 5.55. The predicted molar refractivity (Wildman–Crippen MR) is 63.6 cm³/mol. The minimum atomic E-state index is -0.465. The lowest BCUT2D eigenvalue weighted by molar-refractivity contribution is -0.0558. The Morgan fingerprint density at radius 2 is 1.88 bits per heavy atom. The molecule has 0 aromatic heterocycles. The zero-order valence-electron chi connectivity index (χ0n) is 10.3. The van der Waals surface area contributed by atoms with Crippen LogP contribution in [0.5, 0.6) is 5.75 Å². The third-order valence-corrected chi connectivity index (χ3v) is 2.66. The molecule has 0 spiro atoms. The highest BCUT2D eigenvalue weighted by molar-refractivity contribution is 5.29. The smallest absolute Gasteiger partial charge is 0.119 e. The Hall–Kier alpha value is -1.06. The Balaban J connectivity index is 2.68. The minimum Gasteiger partial charge on any atom is -0.497 e. The number of aliphatic hydroxyl groups is 1. The first kappa shape index (κ1) is 13.0. The van der Waals surface area contributed by atoms with E-state index in [-0.39, 0.29) is 12.2 Å². The molecule has 0 radical (unpaired) electrons. The molecule has 0 fully saturated rings. The number of benzene rings is 1. The van der Waals surface area contributed by atoms with Gasteiger partial charge in [0.25, 0.3) is 0 Å². The van der Waals surface area contributed by atoms with Gasteiger partial charge in [0.2, 0.25) is 0 Å². The first-order valence-corrected chi connectivity index (χ1v) is 5.52. The largest absolute Gasteiger partial charge is 0.497 e. The van der Waals surface area contributed by atoms with Gasteiger partial charge in [-0.25, -0.2) is 0 Å². The van der Waals surface area contributed by atoms with Crippen LogP contribution in [0, 0.1) is 0 Å². The number of hydrogen-bond acceptors (Lipinski definition) is 3. The van der Waals surface area contributed by atoms with E-state index in [9.17, 15) is 5.11 Å². The van der Waals surface area contributed by atoms with E-state index in [1.807, 2.05) is 38.1 Å². The molecule has 0 amide bonds. The van der Waals surface area contributed by atoms with Crippen molar-refractivity contribution in [3.05, 3.63) is 29.8 Å². The molecule has 1 rings (SSSR count). The molecule has 0 bridgehead atoms. The summed E-state index contributed by atoms with van der Waals surface area (Å²) in [6.07, 6.45) is -0.700. The SMILES string of the molecule is COc1cccc(C(C)OC(C)C(C)O)c1. The molecule has 0 aliphatic rings. The Morgan fingerprint density at radius 3 is 2.44 bits per heavy atom. The fraction of sp³-hybridized carbons (Fsp3) is 0.538. The van der Waals surface area contributed by atoms with Crippen LogP contribution in [0.4, 0.5) is 0 Å². The molecule has 1 N–H and O–H groups in total. The Morgan fingerprint density at radius 1 is 1.19 bits per heavy atom. The lowest BCUT2D eigenvalue weighted by Gasteiger charge is -2.21. The van der Waals surface area contributed by atoms with Gasteiger partial charge in [-0.05, 0) is 38.5 Å². The van der Waals surface area contributed by atoms with Crippen molar-refractivity contribution >= 4 is 0 Å². The molecule has 3 atom stereocenters. The van der Waals surface area contributed by atoms with Gasteiger partial charge in [-0.1, -0.05) is 12.1 Å². The normalized spacial score (nSPS) is 16.6. The van der Waals surface area contributed by atoms with E-state index >= 15 is 0 Å². The van der Waals surface area contributed by atoms with Crippen molar-refractivity contribution < 1.29 is 14.6 Å². The first-order chi connectivity index (χ1) is 7.54. The van der Waals surface area contributed by atoms with Gasteiger partial charge in [-0.2, -0.15) is 0 Å². The number of aliphatic hydroxyl groups excluding tert-OH is 1. The summed E-state index contributed by atoms with van der Waals surface area (Å²) >= 11 is 0. The topological polar surface area (TPSA) is 38.7 Å². The second-order valence-corrected chi connectivity index (χ2v) is 4.00. The van der Waals surface area contributed by atoms with E-state index in [0.717, 1.165) is 11.3 Å². The average Bonchev–Trinajstić information content (AvgIpc) is 2.28. The molecule has 1 aromatic carbocycles. The van der Waals surface area contributed by atoms with Gasteiger partial charge in [0, 0.05) is 0 Å². The summed E-state index contributed by atoms with van der Waals surface area (Å²) in [7, 11) is 1.64. The van der Waals surface area contributed by atoms with Crippen LogP contribution in [0.15, 0.2) is 24.3 Å². The Labute approximate surface area is 97.0 Å². The summed E-state index contributed by atoms with van der Waals surface area (Å²) in [5.41, 5.74) is 1.05. The van der Waals surface area contributed by atoms with Gasteiger partial charge in [-0.3, -0.25) is 0 Å². The fourth-order valence-electron chi connectivity index (χ4n) is 1.41. The van der Waals surface area contributed by atoms with Gasteiger partial charge >= 0.3 is 0 Å². The standard InChI is InChI=1S/C13H20O3/c1-9(14)10(2)16-11(3)12-6-5-7-13(8-12)15-4/h5-11,14H,1-4H3. The van der Waals surface area contributed by atoms with Crippen LogP contribution in [0.1, 0.15) is 32.4 Å². The summed E-state index contributed by atoms with van der Waals surface area (Å²) in [5.74, 6) is 0.817. The minimum absolute atomic E-state index is 0.0558. The van der Waals surface area contributed by atoms with E-state index in [1.165, 1.54) is 0 Å². The van der Waals surface area contributed by atoms with Crippen LogP contribution in [-0.2, 0) is 4.74 Å². The zero-order valence-corrected chi connectivity index (χ0v) is 10.3. The van der Waals surface area contributed by atoms with Crippen LogP contribution in [0.2, 0.25) is 0 Å². The molecule has 0 aliphatic carbocycles. The van der Waals surface area contributed by atoms with E-state index in [0.29, 0.717) is 0 Å². The molecule has 3 heteroatoms. The van der Waals surface area contributed by atoms with Gasteiger partial charge in [-0.15, -0.1) is 0 Å². The predicted octanol–water partition coefficient (Wildman–Crippen LogP) is 2.54. The van der Waals surface area contributed by atoms with E-state index in [2.05, 4.69) is 0 Å². The molecular weight excluding hydrogens is 204 g/mol.